The second-order valence-electron chi connectivity index (χ2n) is 5.42. The molecule has 0 fully saturated rings. The van der Waals surface area contributed by atoms with E-state index in [-0.39, 0.29) is 6.61 Å². The Balaban J connectivity index is 2.18. The quantitative estimate of drug-likeness (QED) is 0.832. The molecule has 1 aliphatic rings. The summed E-state index contributed by atoms with van der Waals surface area (Å²) in [5.41, 5.74) is 1.89. The first-order chi connectivity index (χ1) is 12.1. The lowest BCUT2D eigenvalue weighted by atomic mass is 9.95. The van der Waals surface area contributed by atoms with Crippen molar-refractivity contribution >= 4 is 11.9 Å². The van der Waals surface area contributed by atoms with Crippen LogP contribution in [0.3, 0.4) is 0 Å². The van der Waals surface area contributed by atoms with E-state index in [0.717, 1.165) is 5.56 Å². The van der Waals surface area contributed by atoms with E-state index < -0.39 is 12.0 Å². The molecular weight excluding hydrogens is 324 g/mol. The molecule has 1 aromatic carbocycles. The molecule has 1 aromatic heterocycles. The summed E-state index contributed by atoms with van der Waals surface area (Å²) in [6, 6.07) is 4.92. The molecule has 0 saturated carbocycles. The third-order valence-corrected chi connectivity index (χ3v) is 4.02. The molecule has 2 aromatic rings. The SMILES string of the molecule is CCOC(=O)C1=C(C)Nc2ncnn2[C@@H]1c1ccc(OC)cc1OC. The lowest BCUT2D eigenvalue weighted by molar-refractivity contribution is -0.139. The van der Waals surface area contributed by atoms with Crippen LogP contribution in [-0.2, 0) is 9.53 Å². The highest BCUT2D eigenvalue weighted by atomic mass is 16.5. The van der Waals surface area contributed by atoms with Crippen LogP contribution in [0.1, 0.15) is 25.5 Å². The Morgan fingerprint density at radius 2 is 2.12 bits per heavy atom. The summed E-state index contributed by atoms with van der Waals surface area (Å²) in [6.45, 7) is 3.87. The van der Waals surface area contributed by atoms with E-state index in [4.69, 9.17) is 14.2 Å². The number of ether oxygens (including phenoxy) is 3. The molecule has 2 heterocycles. The average molecular weight is 344 g/mol. The van der Waals surface area contributed by atoms with Gasteiger partial charge < -0.3 is 19.5 Å². The molecule has 0 unspecified atom stereocenters. The molecule has 8 nitrogen and oxygen atoms in total. The summed E-state index contributed by atoms with van der Waals surface area (Å²) >= 11 is 0. The summed E-state index contributed by atoms with van der Waals surface area (Å²) in [4.78, 5) is 16.8. The molecule has 0 bridgehead atoms. The van der Waals surface area contributed by atoms with Gasteiger partial charge in [-0.2, -0.15) is 10.1 Å². The van der Waals surface area contributed by atoms with Crippen LogP contribution in [0.25, 0.3) is 0 Å². The molecule has 3 rings (SSSR count). The third-order valence-electron chi connectivity index (χ3n) is 4.02. The molecule has 132 valence electrons. The number of methoxy groups -OCH3 is 2. The summed E-state index contributed by atoms with van der Waals surface area (Å²) in [5, 5.41) is 7.37. The molecule has 25 heavy (non-hydrogen) atoms. The van der Waals surface area contributed by atoms with Gasteiger partial charge in [0.2, 0.25) is 5.95 Å². The molecule has 1 aliphatic heterocycles. The fourth-order valence-corrected chi connectivity index (χ4v) is 2.90. The summed E-state index contributed by atoms with van der Waals surface area (Å²) in [5.74, 6) is 1.39. The van der Waals surface area contributed by atoms with Crippen LogP contribution in [-0.4, -0.2) is 41.6 Å². The molecule has 0 saturated heterocycles. The Labute approximate surface area is 145 Å². The molecule has 0 amide bonds. The van der Waals surface area contributed by atoms with Gasteiger partial charge in [0.05, 0.1) is 26.4 Å². The van der Waals surface area contributed by atoms with E-state index in [2.05, 4.69) is 15.4 Å². The summed E-state index contributed by atoms with van der Waals surface area (Å²) < 4.78 is 17.7. The predicted octanol–water partition coefficient (Wildman–Crippen LogP) is 2.15. The van der Waals surface area contributed by atoms with Crippen molar-refractivity contribution in [3.05, 3.63) is 41.4 Å². The Kier molecular flexibility index (Phi) is 4.60. The van der Waals surface area contributed by atoms with Crippen molar-refractivity contribution < 1.29 is 19.0 Å². The van der Waals surface area contributed by atoms with Crippen LogP contribution in [0.4, 0.5) is 5.95 Å². The third kappa shape index (κ3) is 2.90. The number of carbonyl (C=O) groups excluding carboxylic acids is 1. The van der Waals surface area contributed by atoms with Gasteiger partial charge in [-0.1, -0.05) is 0 Å². The van der Waals surface area contributed by atoms with E-state index in [0.29, 0.717) is 28.7 Å². The Bertz CT molecular complexity index is 828. The van der Waals surface area contributed by atoms with Crippen molar-refractivity contribution in [2.24, 2.45) is 0 Å². The lowest BCUT2D eigenvalue weighted by Gasteiger charge is -2.29. The van der Waals surface area contributed by atoms with E-state index in [1.807, 2.05) is 19.1 Å². The number of nitrogens with zero attached hydrogens (tertiary/aromatic N) is 3. The molecule has 0 aliphatic carbocycles. The molecule has 1 N–H and O–H groups in total. The largest absolute Gasteiger partial charge is 0.497 e. The first-order valence-corrected chi connectivity index (χ1v) is 7.87. The van der Waals surface area contributed by atoms with Gasteiger partial charge in [0.15, 0.2) is 0 Å². The second kappa shape index (κ2) is 6.84. The van der Waals surface area contributed by atoms with Gasteiger partial charge in [0.25, 0.3) is 0 Å². The number of hydrogen-bond donors (Lipinski definition) is 1. The van der Waals surface area contributed by atoms with Crippen molar-refractivity contribution in [1.82, 2.24) is 14.8 Å². The van der Waals surface area contributed by atoms with Gasteiger partial charge >= 0.3 is 5.97 Å². The number of fused-ring (bicyclic) bond motifs is 1. The smallest absolute Gasteiger partial charge is 0.338 e. The van der Waals surface area contributed by atoms with Crippen molar-refractivity contribution in [1.29, 1.82) is 0 Å². The minimum Gasteiger partial charge on any atom is -0.497 e. The maximum Gasteiger partial charge on any atom is 0.338 e. The molecule has 0 radical (unpaired) electrons. The van der Waals surface area contributed by atoms with Gasteiger partial charge in [-0.25, -0.2) is 9.48 Å². The topological polar surface area (TPSA) is 87.5 Å². The van der Waals surface area contributed by atoms with Crippen LogP contribution >= 0.6 is 0 Å². The predicted molar refractivity (Wildman–Crippen MR) is 90.7 cm³/mol. The number of nitrogens with one attached hydrogen (secondary N) is 1. The Morgan fingerprint density at radius 1 is 1.32 bits per heavy atom. The van der Waals surface area contributed by atoms with E-state index in [1.54, 1.807) is 31.9 Å². The van der Waals surface area contributed by atoms with Crippen LogP contribution in [0.5, 0.6) is 11.5 Å². The molecule has 0 spiro atoms. The van der Waals surface area contributed by atoms with Crippen LogP contribution in [0.15, 0.2) is 35.8 Å². The van der Waals surface area contributed by atoms with Gasteiger partial charge in [-0.3, -0.25) is 0 Å². The van der Waals surface area contributed by atoms with Crippen LogP contribution < -0.4 is 14.8 Å². The highest BCUT2D eigenvalue weighted by molar-refractivity contribution is 5.92. The average Bonchev–Trinajstić information content (AvgIpc) is 3.08. The van der Waals surface area contributed by atoms with Gasteiger partial charge in [0.1, 0.15) is 23.9 Å². The molecule has 1 atom stereocenters. The minimum atomic E-state index is -0.515. The number of rotatable bonds is 5. The minimum absolute atomic E-state index is 0.284. The molecule has 8 heteroatoms. The zero-order valence-electron chi connectivity index (χ0n) is 14.6. The van der Waals surface area contributed by atoms with E-state index in [1.165, 1.54) is 6.33 Å². The van der Waals surface area contributed by atoms with Gasteiger partial charge in [-0.05, 0) is 26.0 Å². The van der Waals surface area contributed by atoms with E-state index >= 15 is 0 Å². The lowest BCUT2D eigenvalue weighted by Crippen LogP contribution is -2.30. The summed E-state index contributed by atoms with van der Waals surface area (Å²) in [6.07, 6.45) is 1.44. The maximum absolute atomic E-state index is 12.6. The Morgan fingerprint density at radius 3 is 2.80 bits per heavy atom. The molecular formula is C17H20N4O4. The first-order valence-electron chi connectivity index (χ1n) is 7.87. The van der Waals surface area contributed by atoms with Crippen molar-refractivity contribution in [2.45, 2.75) is 19.9 Å². The normalized spacial score (nSPS) is 16.1. The highest BCUT2D eigenvalue weighted by Crippen LogP contribution is 2.40. The number of aromatic nitrogens is 3. The van der Waals surface area contributed by atoms with Gasteiger partial charge in [0, 0.05) is 17.3 Å². The monoisotopic (exact) mass is 344 g/mol. The van der Waals surface area contributed by atoms with Gasteiger partial charge in [-0.15, -0.1) is 0 Å². The second-order valence-corrected chi connectivity index (χ2v) is 5.42. The van der Waals surface area contributed by atoms with Crippen LogP contribution in [0.2, 0.25) is 0 Å². The van der Waals surface area contributed by atoms with Crippen LogP contribution in [0, 0.1) is 0 Å². The first kappa shape index (κ1) is 16.8. The number of benzene rings is 1. The zero-order valence-corrected chi connectivity index (χ0v) is 14.6. The van der Waals surface area contributed by atoms with Crippen molar-refractivity contribution in [3.63, 3.8) is 0 Å². The zero-order chi connectivity index (χ0) is 18.0. The number of esters is 1. The number of carbonyl (C=O) groups is 1. The standard InChI is InChI=1S/C17H20N4O4/c1-5-25-16(22)14-10(2)20-17-18-9-19-21(17)15(14)12-7-6-11(23-3)8-13(12)24-4/h6-9,15H,5H2,1-4H3,(H,18,19,20)/t15-/m1/s1. The fraction of sp³-hybridized carbons (Fsp3) is 0.353. The van der Waals surface area contributed by atoms with E-state index in [9.17, 15) is 4.79 Å². The summed E-state index contributed by atoms with van der Waals surface area (Å²) in [7, 11) is 3.16. The van der Waals surface area contributed by atoms with Crippen molar-refractivity contribution in [3.8, 4) is 11.5 Å². The Hall–Kier alpha value is -3.03. The number of hydrogen-bond acceptors (Lipinski definition) is 7. The highest BCUT2D eigenvalue weighted by Gasteiger charge is 2.36. The number of anilines is 1. The maximum atomic E-state index is 12.6. The fourth-order valence-electron chi connectivity index (χ4n) is 2.90. The van der Waals surface area contributed by atoms with Crippen molar-refractivity contribution in [2.75, 3.05) is 26.1 Å². The number of allylic oxidation sites excluding steroid dienone is 1.